The van der Waals surface area contributed by atoms with E-state index in [2.05, 4.69) is 16.7 Å². The molecule has 0 fully saturated rings. The quantitative estimate of drug-likeness (QED) is 0.486. The molecule has 0 saturated heterocycles. The molecule has 1 aromatic heterocycles. The molecular weight excluding hydrogens is 396 g/mol. The van der Waals surface area contributed by atoms with Gasteiger partial charge in [0.15, 0.2) is 0 Å². The fourth-order valence-electron chi connectivity index (χ4n) is 3.96. The Morgan fingerprint density at radius 1 is 0.900 bits per heavy atom. The Morgan fingerprint density at radius 2 is 1.43 bits per heavy atom. The van der Waals surface area contributed by atoms with Crippen molar-refractivity contribution in [2.24, 2.45) is 0 Å². The van der Waals surface area contributed by atoms with Crippen LogP contribution in [0.5, 0.6) is 0 Å². The van der Waals surface area contributed by atoms with E-state index in [0.717, 1.165) is 27.4 Å². The number of fused-ring (bicyclic) bond motifs is 3. The molecule has 0 aliphatic heterocycles. The predicted octanol–water partition coefficient (Wildman–Crippen LogP) is 4.17. The summed E-state index contributed by atoms with van der Waals surface area (Å²) in [6, 6.07) is 23.0. The second kappa shape index (κ2) is 8.22. The second-order valence-corrected chi connectivity index (χ2v) is 9.51. The van der Waals surface area contributed by atoms with Gasteiger partial charge in [0.1, 0.15) is 0 Å². The van der Waals surface area contributed by atoms with Crippen LogP contribution in [0.1, 0.15) is 12.5 Å². The summed E-state index contributed by atoms with van der Waals surface area (Å²) in [6.45, 7) is 4.35. The minimum Gasteiger partial charge on any atom is -0.390 e. The molecule has 0 aliphatic carbocycles. The molecule has 0 spiro atoms. The number of aliphatic hydroxyl groups is 1. The molecule has 156 valence electrons. The van der Waals surface area contributed by atoms with Crippen molar-refractivity contribution in [3.63, 3.8) is 0 Å². The molecule has 30 heavy (non-hydrogen) atoms. The summed E-state index contributed by atoms with van der Waals surface area (Å²) < 4.78 is 29.5. The summed E-state index contributed by atoms with van der Waals surface area (Å²) in [7, 11) is -3.66. The highest BCUT2D eigenvalue weighted by Gasteiger charge is 2.26. The summed E-state index contributed by atoms with van der Waals surface area (Å²) in [4.78, 5) is 0.249. The first kappa shape index (κ1) is 20.6. The topological polar surface area (TPSA) is 62.5 Å². The maximum Gasteiger partial charge on any atom is 0.243 e. The van der Waals surface area contributed by atoms with Gasteiger partial charge in [-0.15, -0.1) is 0 Å². The van der Waals surface area contributed by atoms with Crippen molar-refractivity contribution in [1.82, 2.24) is 8.87 Å². The molecule has 0 radical (unpaired) electrons. The van der Waals surface area contributed by atoms with Crippen LogP contribution < -0.4 is 0 Å². The zero-order valence-electron chi connectivity index (χ0n) is 17.2. The van der Waals surface area contributed by atoms with E-state index in [1.165, 1.54) is 4.31 Å². The monoisotopic (exact) mass is 422 g/mol. The van der Waals surface area contributed by atoms with E-state index in [1.807, 2.05) is 43.3 Å². The molecule has 5 nitrogen and oxygen atoms in total. The van der Waals surface area contributed by atoms with E-state index < -0.39 is 16.1 Å². The van der Waals surface area contributed by atoms with E-state index in [0.29, 0.717) is 13.1 Å². The summed E-state index contributed by atoms with van der Waals surface area (Å²) in [5, 5.41) is 13.1. The van der Waals surface area contributed by atoms with Gasteiger partial charge in [-0.1, -0.05) is 61.0 Å². The van der Waals surface area contributed by atoms with Gasteiger partial charge in [-0.05, 0) is 31.2 Å². The molecule has 1 heterocycles. The Bertz CT molecular complexity index is 1220. The van der Waals surface area contributed by atoms with Crippen molar-refractivity contribution in [2.75, 3.05) is 13.1 Å². The minimum absolute atomic E-state index is 0.0353. The lowest BCUT2D eigenvalue weighted by Gasteiger charge is -2.24. The maximum absolute atomic E-state index is 13.0. The summed E-state index contributed by atoms with van der Waals surface area (Å²) in [6.07, 6.45) is -0.843. The number of aryl methyl sites for hydroxylation is 1. The Balaban J connectivity index is 1.62. The number of aliphatic hydroxyl groups excluding tert-OH is 1. The molecule has 0 bridgehead atoms. The van der Waals surface area contributed by atoms with Crippen LogP contribution in [0.4, 0.5) is 0 Å². The lowest BCUT2D eigenvalue weighted by Crippen LogP contribution is -2.38. The van der Waals surface area contributed by atoms with Crippen LogP contribution in [0.2, 0.25) is 0 Å². The molecule has 3 aromatic carbocycles. The van der Waals surface area contributed by atoms with Crippen molar-refractivity contribution >= 4 is 31.8 Å². The zero-order chi connectivity index (χ0) is 21.3. The molecule has 0 saturated carbocycles. The molecule has 1 N–H and O–H groups in total. The van der Waals surface area contributed by atoms with Crippen molar-refractivity contribution in [2.45, 2.75) is 31.4 Å². The van der Waals surface area contributed by atoms with Gasteiger partial charge >= 0.3 is 0 Å². The first-order chi connectivity index (χ1) is 14.4. The lowest BCUT2D eigenvalue weighted by atomic mass is 10.2. The molecule has 4 rings (SSSR count). The average molecular weight is 423 g/mol. The summed E-state index contributed by atoms with van der Waals surface area (Å²) in [5.41, 5.74) is 3.06. The molecule has 6 heteroatoms. The van der Waals surface area contributed by atoms with Crippen LogP contribution >= 0.6 is 0 Å². The third-order valence-corrected chi connectivity index (χ3v) is 7.45. The largest absolute Gasteiger partial charge is 0.390 e. The average Bonchev–Trinajstić information content (AvgIpc) is 3.06. The Labute approximate surface area is 177 Å². The van der Waals surface area contributed by atoms with E-state index in [1.54, 1.807) is 31.2 Å². The fourth-order valence-corrected chi connectivity index (χ4v) is 5.45. The van der Waals surface area contributed by atoms with Gasteiger partial charge in [0.05, 0.1) is 17.5 Å². The molecule has 4 aromatic rings. The van der Waals surface area contributed by atoms with Gasteiger partial charge in [-0.3, -0.25) is 0 Å². The van der Waals surface area contributed by atoms with Gasteiger partial charge < -0.3 is 9.67 Å². The highest BCUT2D eigenvalue weighted by Crippen LogP contribution is 2.29. The van der Waals surface area contributed by atoms with Crippen molar-refractivity contribution in [3.8, 4) is 0 Å². The fraction of sp³-hybridized carbons (Fsp3) is 0.250. The Hall–Kier alpha value is -2.67. The maximum atomic E-state index is 13.0. The molecular formula is C24H26N2O3S. The van der Waals surface area contributed by atoms with Crippen LogP contribution in [0.25, 0.3) is 21.8 Å². The van der Waals surface area contributed by atoms with E-state index in [9.17, 15) is 13.5 Å². The predicted molar refractivity (Wildman–Crippen MR) is 121 cm³/mol. The minimum atomic E-state index is -3.66. The van der Waals surface area contributed by atoms with Crippen LogP contribution in [-0.2, 0) is 16.6 Å². The third kappa shape index (κ3) is 3.74. The third-order valence-electron chi connectivity index (χ3n) is 5.50. The van der Waals surface area contributed by atoms with Crippen LogP contribution in [0, 0.1) is 6.92 Å². The highest BCUT2D eigenvalue weighted by molar-refractivity contribution is 7.89. The normalized spacial score (nSPS) is 13.3. The van der Waals surface area contributed by atoms with E-state index in [4.69, 9.17) is 0 Å². The van der Waals surface area contributed by atoms with Crippen LogP contribution in [-0.4, -0.2) is 41.6 Å². The smallest absolute Gasteiger partial charge is 0.243 e. The SMILES string of the molecule is CCN(C[C@@H](O)Cn1c2ccccc2c2ccccc21)S(=O)(=O)c1ccc(C)cc1. The van der Waals surface area contributed by atoms with Gasteiger partial charge in [0.2, 0.25) is 10.0 Å². The summed E-state index contributed by atoms with van der Waals surface area (Å²) >= 11 is 0. The number of aromatic nitrogens is 1. The van der Waals surface area contributed by atoms with Gasteiger partial charge in [-0.2, -0.15) is 4.31 Å². The second-order valence-electron chi connectivity index (χ2n) is 7.57. The number of nitrogens with zero attached hydrogens (tertiary/aromatic N) is 2. The van der Waals surface area contributed by atoms with Crippen LogP contribution in [0.3, 0.4) is 0 Å². The van der Waals surface area contributed by atoms with E-state index in [-0.39, 0.29) is 11.4 Å². The van der Waals surface area contributed by atoms with Gasteiger partial charge in [0, 0.05) is 34.9 Å². The standard InChI is InChI=1S/C24H26N2O3S/c1-3-25(30(28,29)20-14-12-18(2)13-15-20)16-19(27)17-26-23-10-6-4-8-21(23)22-9-5-7-11-24(22)26/h4-15,19,27H,3,16-17H2,1-2H3/t19-/m1/s1. The number of likely N-dealkylation sites (N-methyl/N-ethyl adjacent to an activating group) is 1. The number of sulfonamides is 1. The Morgan fingerprint density at radius 3 is 1.97 bits per heavy atom. The van der Waals surface area contributed by atoms with Gasteiger partial charge in [0.25, 0.3) is 0 Å². The molecule has 1 atom stereocenters. The number of hydrogen-bond acceptors (Lipinski definition) is 3. The first-order valence-corrected chi connectivity index (χ1v) is 11.6. The molecule has 0 aliphatic rings. The van der Waals surface area contributed by atoms with E-state index >= 15 is 0 Å². The van der Waals surface area contributed by atoms with Crippen molar-refractivity contribution in [3.05, 3.63) is 78.4 Å². The molecule has 0 unspecified atom stereocenters. The number of benzene rings is 3. The van der Waals surface area contributed by atoms with Crippen molar-refractivity contribution < 1.29 is 13.5 Å². The number of rotatable bonds is 7. The summed E-state index contributed by atoms with van der Waals surface area (Å²) in [5.74, 6) is 0. The lowest BCUT2D eigenvalue weighted by molar-refractivity contribution is 0.131. The number of hydrogen-bond donors (Lipinski definition) is 1. The number of para-hydroxylation sites is 2. The first-order valence-electron chi connectivity index (χ1n) is 10.1. The van der Waals surface area contributed by atoms with Crippen LogP contribution in [0.15, 0.2) is 77.7 Å². The van der Waals surface area contributed by atoms with Gasteiger partial charge in [-0.25, -0.2) is 8.42 Å². The van der Waals surface area contributed by atoms with Crippen molar-refractivity contribution in [1.29, 1.82) is 0 Å². The zero-order valence-corrected chi connectivity index (χ0v) is 18.0. The highest BCUT2D eigenvalue weighted by atomic mass is 32.2. The Kier molecular flexibility index (Phi) is 5.64. The molecule has 0 amide bonds.